The first kappa shape index (κ1) is 15.5. The lowest BCUT2D eigenvalue weighted by molar-refractivity contribution is 0.167. The zero-order chi connectivity index (χ0) is 14.9. The van der Waals surface area contributed by atoms with Crippen molar-refractivity contribution in [1.82, 2.24) is 5.32 Å². The molecule has 0 unspecified atom stereocenters. The molecule has 0 aromatic heterocycles. The Labute approximate surface area is 126 Å². The Kier molecular flexibility index (Phi) is 6.25. The van der Waals surface area contributed by atoms with Crippen LogP contribution in [0.25, 0.3) is 0 Å². The monoisotopic (exact) mass is 285 g/mol. The fourth-order valence-electron chi connectivity index (χ4n) is 2.29. The Hall–Kier alpha value is -1.84. The summed E-state index contributed by atoms with van der Waals surface area (Å²) in [7, 11) is 0. The third kappa shape index (κ3) is 5.58. The summed E-state index contributed by atoms with van der Waals surface area (Å²) in [5.41, 5.74) is 2.21. The van der Waals surface area contributed by atoms with Crippen LogP contribution < -0.4 is 5.32 Å². The first-order valence-corrected chi connectivity index (χ1v) is 7.47. The van der Waals surface area contributed by atoms with Crippen LogP contribution in [0.15, 0.2) is 54.6 Å². The molecule has 3 nitrogen and oxygen atoms in total. The second-order valence-corrected chi connectivity index (χ2v) is 5.24. The highest BCUT2D eigenvalue weighted by molar-refractivity contribution is 5.25. The van der Waals surface area contributed by atoms with Gasteiger partial charge in [0.25, 0.3) is 0 Å². The molecule has 0 radical (unpaired) electrons. The Morgan fingerprint density at radius 3 is 2.33 bits per heavy atom. The third-order valence-electron chi connectivity index (χ3n) is 3.53. The highest BCUT2D eigenvalue weighted by Gasteiger charge is 2.05. The van der Waals surface area contributed by atoms with Crippen LogP contribution >= 0.6 is 0 Å². The van der Waals surface area contributed by atoms with Gasteiger partial charge < -0.3 is 15.5 Å². The van der Waals surface area contributed by atoms with Crippen molar-refractivity contribution < 1.29 is 10.2 Å². The van der Waals surface area contributed by atoms with E-state index in [9.17, 15) is 10.2 Å². The molecule has 2 rings (SSSR count). The number of aliphatic hydroxyl groups excluding tert-OH is 1. The third-order valence-corrected chi connectivity index (χ3v) is 3.53. The van der Waals surface area contributed by atoms with Gasteiger partial charge in [0.1, 0.15) is 5.75 Å². The highest BCUT2D eigenvalue weighted by Crippen LogP contribution is 2.15. The van der Waals surface area contributed by atoms with E-state index in [1.807, 2.05) is 42.5 Å². The summed E-state index contributed by atoms with van der Waals surface area (Å²) in [5, 5.41) is 22.6. The van der Waals surface area contributed by atoms with Crippen LogP contribution in [0.4, 0.5) is 0 Å². The zero-order valence-electron chi connectivity index (χ0n) is 12.2. The SMILES string of the molecule is Oc1ccc(CCCNCC[C@H](O)c2ccccc2)cc1. The number of aliphatic hydroxyl groups is 1. The minimum atomic E-state index is -0.393. The van der Waals surface area contributed by atoms with Crippen LogP contribution in [0.3, 0.4) is 0 Å². The van der Waals surface area contributed by atoms with E-state index in [0.717, 1.165) is 37.9 Å². The number of benzene rings is 2. The van der Waals surface area contributed by atoms with E-state index in [4.69, 9.17) is 0 Å². The molecule has 0 aliphatic rings. The van der Waals surface area contributed by atoms with Crippen molar-refractivity contribution >= 4 is 0 Å². The molecule has 0 bridgehead atoms. The minimum absolute atomic E-state index is 0.312. The van der Waals surface area contributed by atoms with Gasteiger partial charge in [-0.25, -0.2) is 0 Å². The van der Waals surface area contributed by atoms with E-state index in [2.05, 4.69) is 5.32 Å². The maximum atomic E-state index is 10.0. The van der Waals surface area contributed by atoms with Crippen molar-refractivity contribution in [1.29, 1.82) is 0 Å². The van der Waals surface area contributed by atoms with Gasteiger partial charge in [0, 0.05) is 0 Å². The summed E-state index contributed by atoms with van der Waals surface area (Å²) in [6, 6.07) is 17.1. The number of rotatable bonds is 8. The molecular formula is C18H23NO2. The molecule has 0 fully saturated rings. The number of aryl methyl sites for hydroxylation is 1. The highest BCUT2D eigenvalue weighted by atomic mass is 16.3. The van der Waals surface area contributed by atoms with Gasteiger partial charge in [-0.3, -0.25) is 0 Å². The van der Waals surface area contributed by atoms with E-state index >= 15 is 0 Å². The number of phenols is 1. The van der Waals surface area contributed by atoms with Gasteiger partial charge in [0.15, 0.2) is 0 Å². The smallest absolute Gasteiger partial charge is 0.115 e. The molecule has 0 spiro atoms. The van der Waals surface area contributed by atoms with Crippen molar-refractivity contribution in [3.63, 3.8) is 0 Å². The molecule has 0 aliphatic carbocycles. The van der Waals surface area contributed by atoms with E-state index < -0.39 is 6.10 Å². The normalized spacial score (nSPS) is 12.2. The molecule has 0 saturated heterocycles. The van der Waals surface area contributed by atoms with Crippen LogP contribution in [-0.2, 0) is 6.42 Å². The van der Waals surface area contributed by atoms with Gasteiger partial charge in [-0.2, -0.15) is 0 Å². The lowest BCUT2D eigenvalue weighted by Gasteiger charge is -2.11. The van der Waals surface area contributed by atoms with Crippen LogP contribution in [0, 0.1) is 0 Å². The van der Waals surface area contributed by atoms with Crippen molar-refractivity contribution in [2.24, 2.45) is 0 Å². The number of phenolic OH excluding ortho intramolecular Hbond substituents is 1. The van der Waals surface area contributed by atoms with Crippen LogP contribution in [0.1, 0.15) is 30.1 Å². The fourth-order valence-corrected chi connectivity index (χ4v) is 2.29. The molecule has 0 heterocycles. The van der Waals surface area contributed by atoms with Crippen LogP contribution in [-0.4, -0.2) is 23.3 Å². The molecule has 2 aromatic rings. The summed E-state index contributed by atoms with van der Waals surface area (Å²) in [5.74, 6) is 0.312. The van der Waals surface area contributed by atoms with Crippen molar-refractivity contribution in [2.45, 2.75) is 25.4 Å². The average Bonchev–Trinajstić information content (AvgIpc) is 2.53. The zero-order valence-corrected chi connectivity index (χ0v) is 12.2. The quantitative estimate of drug-likeness (QED) is 0.653. The summed E-state index contributed by atoms with van der Waals surface area (Å²) < 4.78 is 0. The first-order chi connectivity index (χ1) is 10.3. The fraction of sp³-hybridized carbons (Fsp3) is 0.333. The van der Waals surface area contributed by atoms with E-state index in [-0.39, 0.29) is 0 Å². The Balaban J connectivity index is 1.57. The molecule has 2 aromatic carbocycles. The standard InChI is InChI=1S/C18H23NO2/c20-17-10-8-15(9-11-17)5-4-13-19-14-12-18(21)16-6-2-1-3-7-16/h1-3,6-11,18-21H,4-5,12-14H2/t18-/m0/s1. The number of hydrogen-bond acceptors (Lipinski definition) is 3. The molecule has 1 atom stereocenters. The first-order valence-electron chi connectivity index (χ1n) is 7.47. The predicted molar refractivity (Wildman–Crippen MR) is 85.3 cm³/mol. The second kappa shape index (κ2) is 8.45. The lowest BCUT2D eigenvalue weighted by Crippen LogP contribution is -2.19. The molecule has 3 N–H and O–H groups in total. The van der Waals surface area contributed by atoms with Gasteiger partial charge in [0.05, 0.1) is 6.10 Å². The summed E-state index contributed by atoms with van der Waals surface area (Å²) in [6.45, 7) is 1.74. The molecule has 0 amide bonds. The molecular weight excluding hydrogens is 262 g/mol. The second-order valence-electron chi connectivity index (χ2n) is 5.24. The van der Waals surface area contributed by atoms with Gasteiger partial charge >= 0.3 is 0 Å². The number of hydrogen-bond donors (Lipinski definition) is 3. The molecule has 0 aliphatic heterocycles. The van der Waals surface area contributed by atoms with Gasteiger partial charge in [0.2, 0.25) is 0 Å². The largest absolute Gasteiger partial charge is 0.508 e. The molecule has 3 heteroatoms. The number of aromatic hydroxyl groups is 1. The summed E-state index contributed by atoms with van der Waals surface area (Å²) in [4.78, 5) is 0. The maximum absolute atomic E-state index is 10.0. The van der Waals surface area contributed by atoms with Gasteiger partial charge in [-0.05, 0) is 55.6 Å². The minimum Gasteiger partial charge on any atom is -0.508 e. The van der Waals surface area contributed by atoms with Crippen molar-refractivity contribution in [3.8, 4) is 5.75 Å². The average molecular weight is 285 g/mol. The Morgan fingerprint density at radius 1 is 0.905 bits per heavy atom. The van der Waals surface area contributed by atoms with Crippen LogP contribution in [0.2, 0.25) is 0 Å². The summed E-state index contributed by atoms with van der Waals surface area (Å²) >= 11 is 0. The Bertz CT molecular complexity index is 511. The molecule has 0 saturated carbocycles. The van der Waals surface area contributed by atoms with Crippen molar-refractivity contribution in [2.75, 3.05) is 13.1 Å². The van der Waals surface area contributed by atoms with Gasteiger partial charge in [-0.1, -0.05) is 42.5 Å². The topological polar surface area (TPSA) is 52.5 Å². The van der Waals surface area contributed by atoms with Gasteiger partial charge in [-0.15, -0.1) is 0 Å². The molecule has 112 valence electrons. The van der Waals surface area contributed by atoms with E-state index in [1.54, 1.807) is 12.1 Å². The summed E-state index contributed by atoms with van der Waals surface area (Å²) in [6.07, 6.45) is 2.38. The van der Waals surface area contributed by atoms with E-state index in [0.29, 0.717) is 5.75 Å². The number of nitrogens with one attached hydrogen (secondary N) is 1. The molecule has 21 heavy (non-hydrogen) atoms. The lowest BCUT2D eigenvalue weighted by atomic mass is 10.1. The predicted octanol–water partition coefficient (Wildman–Crippen LogP) is 3.04. The Morgan fingerprint density at radius 2 is 1.62 bits per heavy atom. The maximum Gasteiger partial charge on any atom is 0.115 e. The van der Waals surface area contributed by atoms with Crippen LogP contribution in [0.5, 0.6) is 5.75 Å². The van der Waals surface area contributed by atoms with E-state index in [1.165, 1.54) is 5.56 Å². The van der Waals surface area contributed by atoms with Crippen molar-refractivity contribution in [3.05, 3.63) is 65.7 Å².